The average molecular weight is 289 g/mol. The molecule has 2 N–H and O–H groups in total. The average Bonchev–Trinajstić information content (AvgIpc) is 3.01. The second kappa shape index (κ2) is 6.33. The number of nitrogens with zero attached hydrogens (tertiary/aromatic N) is 4. The molecule has 21 heavy (non-hydrogen) atoms. The number of aromatic nitrogens is 4. The molecule has 116 valence electrons. The van der Waals surface area contributed by atoms with Crippen molar-refractivity contribution in [2.75, 3.05) is 5.73 Å². The van der Waals surface area contributed by atoms with Gasteiger partial charge in [-0.3, -0.25) is 4.68 Å². The van der Waals surface area contributed by atoms with Crippen LogP contribution in [0.25, 0.3) is 11.3 Å². The quantitative estimate of drug-likeness (QED) is 0.879. The summed E-state index contributed by atoms with van der Waals surface area (Å²) in [5.74, 6) is 2.18. The number of hydrogen-bond donors (Lipinski definition) is 1. The van der Waals surface area contributed by atoms with Gasteiger partial charge in [0, 0.05) is 30.3 Å². The second-order valence-corrected chi connectivity index (χ2v) is 6.17. The van der Waals surface area contributed by atoms with Gasteiger partial charge in [-0.05, 0) is 20.3 Å². The minimum atomic E-state index is 0.340. The Hall–Kier alpha value is -1.78. The van der Waals surface area contributed by atoms with E-state index in [1.165, 1.54) is 0 Å². The highest BCUT2D eigenvalue weighted by atomic mass is 15.3. The monoisotopic (exact) mass is 289 g/mol. The minimum Gasteiger partial charge on any atom is -0.383 e. The molecule has 0 saturated heterocycles. The summed E-state index contributed by atoms with van der Waals surface area (Å²) in [6.45, 7) is 11.7. The van der Waals surface area contributed by atoms with Crippen molar-refractivity contribution in [3.8, 4) is 11.3 Å². The first kappa shape index (κ1) is 15.6. The van der Waals surface area contributed by atoms with Crippen LogP contribution in [0.1, 0.15) is 65.2 Å². The molecule has 2 aromatic heterocycles. The van der Waals surface area contributed by atoms with Crippen molar-refractivity contribution in [3.63, 3.8) is 0 Å². The van der Waals surface area contributed by atoms with Crippen molar-refractivity contribution in [2.45, 2.75) is 66.0 Å². The van der Waals surface area contributed by atoms with Crippen LogP contribution in [0.4, 0.5) is 5.82 Å². The zero-order chi connectivity index (χ0) is 15.6. The van der Waals surface area contributed by atoms with Gasteiger partial charge in [0.2, 0.25) is 0 Å². The first-order valence-corrected chi connectivity index (χ1v) is 7.86. The highest BCUT2D eigenvalue weighted by Gasteiger charge is 2.19. The summed E-state index contributed by atoms with van der Waals surface area (Å²) in [5, 5.41) is 4.39. The minimum absolute atomic E-state index is 0.340. The fourth-order valence-corrected chi connectivity index (χ4v) is 2.43. The number of nitrogen functional groups attached to an aromatic ring is 1. The lowest BCUT2D eigenvalue weighted by atomic mass is 10.2. The molecule has 0 aliphatic rings. The summed E-state index contributed by atoms with van der Waals surface area (Å²) in [5.41, 5.74) is 8.22. The highest BCUT2D eigenvalue weighted by molar-refractivity contribution is 5.70. The number of imidazole rings is 1. The van der Waals surface area contributed by atoms with Crippen LogP contribution >= 0.6 is 0 Å². The van der Waals surface area contributed by atoms with Gasteiger partial charge >= 0.3 is 0 Å². The fraction of sp³-hybridized carbons (Fsp3) is 0.625. The van der Waals surface area contributed by atoms with Crippen LogP contribution in [-0.2, 0) is 6.54 Å². The predicted molar refractivity (Wildman–Crippen MR) is 87.2 cm³/mol. The Balaban J connectivity index is 2.43. The Labute approximate surface area is 127 Å². The summed E-state index contributed by atoms with van der Waals surface area (Å²) < 4.78 is 4.10. The Morgan fingerprint density at radius 1 is 1.24 bits per heavy atom. The van der Waals surface area contributed by atoms with Crippen LogP contribution in [0.3, 0.4) is 0 Å². The maximum Gasteiger partial charge on any atom is 0.131 e. The molecule has 2 aromatic rings. The van der Waals surface area contributed by atoms with Crippen LogP contribution in [0.5, 0.6) is 0 Å². The fourth-order valence-electron chi connectivity index (χ4n) is 2.43. The Morgan fingerprint density at radius 3 is 2.48 bits per heavy atom. The van der Waals surface area contributed by atoms with Crippen molar-refractivity contribution in [1.82, 2.24) is 19.3 Å². The zero-order valence-electron chi connectivity index (χ0n) is 13.8. The van der Waals surface area contributed by atoms with E-state index in [0.717, 1.165) is 42.3 Å². The Bertz CT molecular complexity index is 592. The van der Waals surface area contributed by atoms with Crippen molar-refractivity contribution in [1.29, 1.82) is 0 Å². The van der Waals surface area contributed by atoms with E-state index in [9.17, 15) is 0 Å². The molecule has 0 fully saturated rings. The maximum absolute atomic E-state index is 6.36. The second-order valence-electron chi connectivity index (χ2n) is 6.17. The van der Waals surface area contributed by atoms with E-state index < -0.39 is 0 Å². The molecule has 0 unspecified atom stereocenters. The van der Waals surface area contributed by atoms with Gasteiger partial charge in [0.15, 0.2) is 0 Å². The third-order valence-corrected chi connectivity index (χ3v) is 3.69. The summed E-state index contributed by atoms with van der Waals surface area (Å²) >= 11 is 0. The number of unbranched alkanes of at least 4 members (excludes halogenated alkanes) is 1. The largest absolute Gasteiger partial charge is 0.383 e. The maximum atomic E-state index is 6.36. The first-order valence-electron chi connectivity index (χ1n) is 7.86. The van der Waals surface area contributed by atoms with E-state index >= 15 is 0 Å². The van der Waals surface area contributed by atoms with Crippen LogP contribution in [0.15, 0.2) is 12.4 Å². The highest BCUT2D eigenvalue weighted by Crippen LogP contribution is 2.30. The molecule has 0 aromatic carbocycles. The van der Waals surface area contributed by atoms with Gasteiger partial charge in [-0.25, -0.2) is 4.98 Å². The molecule has 0 saturated carbocycles. The van der Waals surface area contributed by atoms with Gasteiger partial charge in [0.25, 0.3) is 0 Å². The predicted octanol–water partition coefficient (Wildman–Crippen LogP) is 3.83. The van der Waals surface area contributed by atoms with Gasteiger partial charge in [-0.15, -0.1) is 0 Å². The van der Waals surface area contributed by atoms with Crippen LogP contribution in [-0.4, -0.2) is 19.3 Å². The molecule has 0 atom stereocenters. The van der Waals surface area contributed by atoms with Crippen LogP contribution in [0, 0.1) is 0 Å². The van der Waals surface area contributed by atoms with Gasteiger partial charge in [-0.2, -0.15) is 5.10 Å². The molecule has 0 bridgehead atoms. The summed E-state index contributed by atoms with van der Waals surface area (Å²) in [6, 6.07) is 0.340. The van der Waals surface area contributed by atoms with Crippen molar-refractivity contribution in [2.24, 2.45) is 0 Å². The standard InChI is InChI=1S/C16H27N5/c1-6-7-8-20-15(17)14(19-16(20)11(2)3)13-9-18-21(10-13)12(4)5/h9-12H,6-8,17H2,1-5H3. The van der Waals surface area contributed by atoms with E-state index in [4.69, 9.17) is 10.7 Å². The summed E-state index contributed by atoms with van der Waals surface area (Å²) in [4.78, 5) is 4.79. The van der Waals surface area contributed by atoms with Crippen LogP contribution < -0.4 is 5.73 Å². The van der Waals surface area contributed by atoms with Crippen molar-refractivity contribution < 1.29 is 0 Å². The molecule has 0 amide bonds. The van der Waals surface area contributed by atoms with Gasteiger partial charge in [-0.1, -0.05) is 27.2 Å². The molecule has 0 aliphatic heterocycles. The Kier molecular flexibility index (Phi) is 4.70. The van der Waals surface area contributed by atoms with Crippen molar-refractivity contribution in [3.05, 3.63) is 18.2 Å². The summed E-state index contributed by atoms with van der Waals surface area (Å²) in [6.07, 6.45) is 6.14. The topological polar surface area (TPSA) is 61.7 Å². The lowest BCUT2D eigenvalue weighted by Crippen LogP contribution is -2.08. The molecule has 0 radical (unpaired) electrons. The molecular weight excluding hydrogens is 262 g/mol. The molecule has 2 rings (SSSR count). The lowest BCUT2D eigenvalue weighted by molar-refractivity contribution is 0.532. The van der Waals surface area contributed by atoms with E-state index in [-0.39, 0.29) is 0 Å². The van der Waals surface area contributed by atoms with Gasteiger partial charge < -0.3 is 10.3 Å². The third kappa shape index (κ3) is 3.12. The van der Waals surface area contributed by atoms with E-state index in [1.54, 1.807) is 0 Å². The smallest absolute Gasteiger partial charge is 0.131 e. The summed E-state index contributed by atoms with van der Waals surface area (Å²) in [7, 11) is 0. The lowest BCUT2D eigenvalue weighted by Gasteiger charge is -2.11. The molecule has 5 heteroatoms. The normalized spacial score (nSPS) is 11.8. The van der Waals surface area contributed by atoms with E-state index in [0.29, 0.717) is 12.0 Å². The van der Waals surface area contributed by atoms with E-state index in [2.05, 4.69) is 44.3 Å². The molecule has 2 heterocycles. The zero-order valence-corrected chi connectivity index (χ0v) is 13.8. The molecule has 0 spiro atoms. The van der Waals surface area contributed by atoms with Crippen molar-refractivity contribution >= 4 is 5.82 Å². The van der Waals surface area contributed by atoms with Crippen LogP contribution in [0.2, 0.25) is 0 Å². The molecular formula is C16H27N5. The molecule has 0 aliphatic carbocycles. The number of rotatable bonds is 6. The number of anilines is 1. The SMILES string of the molecule is CCCCn1c(C(C)C)nc(-c2cnn(C(C)C)c2)c1N. The first-order chi connectivity index (χ1) is 9.95. The Morgan fingerprint density at radius 2 is 1.95 bits per heavy atom. The number of nitrogens with two attached hydrogens (primary N) is 1. The van der Waals surface area contributed by atoms with Gasteiger partial charge in [0.1, 0.15) is 17.3 Å². The number of hydrogen-bond acceptors (Lipinski definition) is 3. The van der Waals surface area contributed by atoms with E-state index in [1.807, 2.05) is 17.1 Å². The molecule has 5 nitrogen and oxygen atoms in total. The third-order valence-electron chi connectivity index (χ3n) is 3.69. The van der Waals surface area contributed by atoms with Gasteiger partial charge in [0.05, 0.1) is 6.20 Å².